The van der Waals surface area contributed by atoms with Gasteiger partial charge in [-0.2, -0.15) is 0 Å². The second-order valence-corrected chi connectivity index (χ2v) is 9.04. The summed E-state index contributed by atoms with van der Waals surface area (Å²) in [6.45, 7) is 3.62. The number of amides is 2. The molecule has 0 radical (unpaired) electrons. The third-order valence-corrected chi connectivity index (χ3v) is 6.93. The van der Waals surface area contributed by atoms with Crippen molar-refractivity contribution in [3.05, 3.63) is 65.8 Å². The van der Waals surface area contributed by atoms with Crippen molar-refractivity contribution in [1.82, 2.24) is 19.4 Å². The second kappa shape index (κ2) is 7.34. The van der Waals surface area contributed by atoms with E-state index >= 15 is 0 Å². The van der Waals surface area contributed by atoms with Crippen molar-refractivity contribution in [1.29, 1.82) is 0 Å². The number of aryl methyl sites for hydroxylation is 2. The Labute approximate surface area is 182 Å². The SMILES string of the molecule is Cc1ccc(CCN2C[C@@]34C=C[C@@H](O3)C(C(=O)N(C)Cc3nccn3C)C4C2=O)cc1. The van der Waals surface area contributed by atoms with Crippen molar-refractivity contribution >= 4 is 11.8 Å². The van der Waals surface area contributed by atoms with Gasteiger partial charge in [-0.3, -0.25) is 9.59 Å². The van der Waals surface area contributed by atoms with Crippen LogP contribution in [0.3, 0.4) is 0 Å². The summed E-state index contributed by atoms with van der Waals surface area (Å²) in [5.74, 6) is -0.146. The van der Waals surface area contributed by atoms with Crippen LogP contribution in [0.5, 0.6) is 0 Å². The molecule has 0 saturated carbocycles. The first-order valence-corrected chi connectivity index (χ1v) is 10.8. The fourth-order valence-corrected chi connectivity index (χ4v) is 5.16. The monoisotopic (exact) mass is 420 g/mol. The molecule has 0 aliphatic carbocycles. The number of fused-ring (bicyclic) bond motifs is 1. The van der Waals surface area contributed by atoms with Crippen molar-refractivity contribution in [3.63, 3.8) is 0 Å². The highest BCUT2D eigenvalue weighted by atomic mass is 16.5. The largest absolute Gasteiger partial charge is 0.360 e. The first-order valence-electron chi connectivity index (χ1n) is 10.8. The highest BCUT2D eigenvalue weighted by molar-refractivity contribution is 5.93. The van der Waals surface area contributed by atoms with Crippen LogP contribution in [0.1, 0.15) is 17.0 Å². The average Bonchev–Trinajstić information content (AvgIpc) is 3.49. The fraction of sp³-hybridized carbons (Fsp3) is 0.458. The molecular weight excluding hydrogens is 392 g/mol. The summed E-state index contributed by atoms with van der Waals surface area (Å²) in [7, 11) is 3.68. The lowest BCUT2D eigenvalue weighted by atomic mass is 9.76. The molecule has 2 fully saturated rings. The van der Waals surface area contributed by atoms with E-state index in [4.69, 9.17) is 4.74 Å². The summed E-state index contributed by atoms with van der Waals surface area (Å²) in [4.78, 5) is 34.6. The Hall–Kier alpha value is -2.93. The molecule has 1 spiro atoms. The van der Waals surface area contributed by atoms with Crippen LogP contribution in [-0.4, -0.2) is 63.0 Å². The van der Waals surface area contributed by atoms with E-state index in [1.165, 1.54) is 11.1 Å². The molecule has 1 aromatic carbocycles. The summed E-state index contributed by atoms with van der Waals surface area (Å²) in [5, 5.41) is 0. The van der Waals surface area contributed by atoms with Gasteiger partial charge in [0.15, 0.2) is 0 Å². The molecule has 2 amide bonds. The maximum absolute atomic E-state index is 13.4. The second-order valence-electron chi connectivity index (χ2n) is 9.04. The summed E-state index contributed by atoms with van der Waals surface area (Å²) in [6, 6.07) is 8.40. The van der Waals surface area contributed by atoms with E-state index in [9.17, 15) is 9.59 Å². The van der Waals surface area contributed by atoms with Gasteiger partial charge in [0.1, 0.15) is 11.4 Å². The van der Waals surface area contributed by atoms with Gasteiger partial charge in [0.25, 0.3) is 0 Å². The minimum Gasteiger partial charge on any atom is -0.360 e. The molecule has 7 nitrogen and oxygen atoms in total. The molecule has 0 N–H and O–H groups in total. The summed E-state index contributed by atoms with van der Waals surface area (Å²) in [5.41, 5.74) is 1.76. The number of hydrogen-bond acceptors (Lipinski definition) is 4. The number of nitrogens with zero attached hydrogens (tertiary/aromatic N) is 4. The maximum Gasteiger partial charge on any atom is 0.230 e. The van der Waals surface area contributed by atoms with Crippen LogP contribution >= 0.6 is 0 Å². The average molecular weight is 421 g/mol. The first-order chi connectivity index (χ1) is 14.9. The number of aromatic nitrogens is 2. The summed E-state index contributed by atoms with van der Waals surface area (Å²) < 4.78 is 8.15. The predicted molar refractivity (Wildman–Crippen MR) is 115 cm³/mol. The molecular formula is C24H28N4O3. The number of carbonyl (C=O) groups excluding carboxylic acids is 2. The van der Waals surface area contributed by atoms with E-state index in [1.807, 2.05) is 34.9 Å². The van der Waals surface area contributed by atoms with Crippen LogP contribution in [0.25, 0.3) is 0 Å². The number of rotatable bonds is 6. The van der Waals surface area contributed by atoms with Gasteiger partial charge in [0.05, 0.1) is 31.0 Å². The third kappa shape index (κ3) is 3.28. The van der Waals surface area contributed by atoms with Gasteiger partial charge < -0.3 is 19.1 Å². The summed E-state index contributed by atoms with van der Waals surface area (Å²) in [6.07, 6.45) is 8.01. The van der Waals surface area contributed by atoms with E-state index in [0.29, 0.717) is 19.6 Å². The zero-order valence-electron chi connectivity index (χ0n) is 18.2. The Balaban J connectivity index is 1.31. The molecule has 7 heteroatoms. The Kier molecular flexibility index (Phi) is 4.73. The minimum absolute atomic E-state index is 0.0303. The Morgan fingerprint density at radius 3 is 2.81 bits per heavy atom. The molecule has 2 saturated heterocycles. The molecule has 4 atom stereocenters. The summed E-state index contributed by atoms with van der Waals surface area (Å²) >= 11 is 0. The van der Waals surface area contributed by atoms with Gasteiger partial charge in [-0.25, -0.2) is 4.98 Å². The van der Waals surface area contributed by atoms with Crippen molar-refractivity contribution in [3.8, 4) is 0 Å². The molecule has 2 unspecified atom stereocenters. The topological polar surface area (TPSA) is 67.7 Å². The van der Waals surface area contributed by atoms with Crippen LogP contribution < -0.4 is 0 Å². The van der Waals surface area contributed by atoms with Gasteiger partial charge >= 0.3 is 0 Å². The Bertz CT molecular complexity index is 1040. The van der Waals surface area contributed by atoms with Crippen LogP contribution in [0.4, 0.5) is 0 Å². The zero-order valence-corrected chi connectivity index (χ0v) is 18.2. The van der Waals surface area contributed by atoms with Gasteiger partial charge in [-0.05, 0) is 18.9 Å². The lowest BCUT2D eigenvalue weighted by Crippen LogP contribution is -2.44. The Morgan fingerprint density at radius 1 is 1.32 bits per heavy atom. The van der Waals surface area contributed by atoms with E-state index in [1.54, 1.807) is 18.1 Å². The molecule has 4 heterocycles. The smallest absolute Gasteiger partial charge is 0.230 e. The molecule has 162 valence electrons. The van der Waals surface area contributed by atoms with E-state index in [0.717, 1.165) is 12.2 Å². The van der Waals surface area contributed by atoms with E-state index < -0.39 is 17.4 Å². The lowest BCUT2D eigenvalue weighted by Gasteiger charge is -2.27. The number of likely N-dealkylation sites (tertiary alicyclic amines) is 1. The van der Waals surface area contributed by atoms with Crippen LogP contribution in [0.2, 0.25) is 0 Å². The highest BCUT2D eigenvalue weighted by Crippen LogP contribution is 2.52. The minimum atomic E-state index is -0.667. The van der Waals surface area contributed by atoms with Gasteiger partial charge in [0.2, 0.25) is 11.8 Å². The number of benzene rings is 1. The maximum atomic E-state index is 13.4. The number of carbonyl (C=O) groups is 2. The van der Waals surface area contributed by atoms with Gasteiger partial charge in [-0.15, -0.1) is 0 Å². The van der Waals surface area contributed by atoms with Crippen molar-refractivity contribution in [2.45, 2.75) is 31.6 Å². The van der Waals surface area contributed by atoms with E-state index in [-0.39, 0.29) is 17.9 Å². The van der Waals surface area contributed by atoms with Crippen molar-refractivity contribution < 1.29 is 14.3 Å². The van der Waals surface area contributed by atoms with Crippen LogP contribution in [-0.2, 0) is 34.3 Å². The number of hydrogen-bond donors (Lipinski definition) is 0. The molecule has 3 aliphatic heterocycles. The molecule has 5 rings (SSSR count). The van der Waals surface area contributed by atoms with Crippen LogP contribution in [0.15, 0.2) is 48.8 Å². The standard InChI is InChI=1S/C24H28N4O3/c1-16-4-6-17(7-5-16)9-12-28-15-24-10-8-18(31-24)20(21(24)23(28)30)22(29)27(3)14-19-25-11-13-26(19)2/h4-8,10-11,13,18,20-21H,9,12,14-15H2,1-3H3/t18-,20?,21?,24-/m1/s1. The fourth-order valence-electron chi connectivity index (χ4n) is 5.16. The third-order valence-electron chi connectivity index (χ3n) is 6.93. The first kappa shape index (κ1) is 20.0. The molecule has 2 bridgehead atoms. The van der Waals surface area contributed by atoms with Gasteiger partial charge in [0, 0.05) is 33.0 Å². The highest BCUT2D eigenvalue weighted by Gasteiger charge is 2.66. The van der Waals surface area contributed by atoms with Crippen molar-refractivity contribution in [2.24, 2.45) is 18.9 Å². The quantitative estimate of drug-likeness (QED) is 0.668. The molecule has 31 heavy (non-hydrogen) atoms. The number of ether oxygens (including phenoxy) is 1. The predicted octanol–water partition coefficient (Wildman–Crippen LogP) is 1.71. The molecule has 2 aromatic rings. The van der Waals surface area contributed by atoms with E-state index in [2.05, 4.69) is 36.2 Å². The molecule has 3 aliphatic rings. The van der Waals surface area contributed by atoms with Crippen LogP contribution in [0, 0.1) is 18.8 Å². The lowest BCUT2D eigenvalue weighted by molar-refractivity contribution is -0.142. The number of imidazole rings is 1. The Morgan fingerprint density at radius 2 is 2.10 bits per heavy atom. The van der Waals surface area contributed by atoms with Crippen molar-refractivity contribution in [2.75, 3.05) is 20.1 Å². The normalized spacial score (nSPS) is 28.4. The molecule has 1 aromatic heterocycles. The zero-order chi connectivity index (χ0) is 21.8. The van der Waals surface area contributed by atoms with Gasteiger partial charge in [-0.1, -0.05) is 42.0 Å².